The van der Waals surface area contributed by atoms with Crippen LogP contribution in [0.4, 0.5) is 4.79 Å². The summed E-state index contributed by atoms with van der Waals surface area (Å²) in [6.45, 7) is 7.03. The average Bonchev–Trinajstić information content (AvgIpc) is 2.61. The molecule has 5 nitrogen and oxygen atoms in total. The van der Waals surface area contributed by atoms with E-state index in [1.807, 2.05) is 42.5 Å². The van der Waals surface area contributed by atoms with Crippen molar-refractivity contribution < 1.29 is 19.4 Å². The van der Waals surface area contributed by atoms with Gasteiger partial charge in [0.25, 0.3) is 0 Å². The van der Waals surface area contributed by atoms with Crippen molar-refractivity contribution in [3.05, 3.63) is 60.2 Å². The van der Waals surface area contributed by atoms with Gasteiger partial charge in [-0.1, -0.05) is 61.5 Å². The van der Waals surface area contributed by atoms with Crippen LogP contribution in [0.5, 0.6) is 0 Å². The molecule has 2 N–H and O–H groups in total. The van der Waals surface area contributed by atoms with Gasteiger partial charge >= 0.3 is 12.1 Å². The Bertz CT molecular complexity index is 778. The Balaban J connectivity index is 2.10. The Kier molecular flexibility index (Phi) is 7.21. The lowest BCUT2D eigenvalue weighted by Crippen LogP contribution is -2.41. The van der Waals surface area contributed by atoms with Gasteiger partial charge in [0.05, 0.1) is 5.92 Å². The third-order valence-electron chi connectivity index (χ3n) is 4.32. The fourth-order valence-electron chi connectivity index (χ4n) is 2.94. The van der Waals surface area contributed by atoms with Gasteiger partial charge in [-0.15, -0.1) is 0 Å². The molecule has 0 saturated heterocycles. The number of carbonyl (C=O) groups excluding carboxylic acids is 1. The first kappa shape index (κ1) is 21.5. The van der Waals surface area contributed by atoms with Gasteiger partial charge in [-0.05, 0) is 50.3 Å². The number of rotatable bonds is 7. The summed E-state index contributed by atoms with van der Waals surface area (Å²) in [7, 11) is 0. The number of carboxylic acid groups (broad SMARTS) is 1. The molecule has 0 fully saturated rings. The molecule has 28 heavy (non-hydrogen) atoms. The number of nitrogens with one attached hydrogen (secondary N) is 1. The molecule has 2 aromatic carbocycles. The maximum atomic E-state index is 12.2. The molecule has 1 amide bonds. The number of aliphatic carboxylic acids is 1. The topological polar surface area (TPSA) is 75.6 Å². The summed E-state index contributed by atoms with van der Waals surface area (Å²) >= 11 is 0. The van der Waals surface area contributed by atoms with Gasteiger partial charge in [-0.3, -0.25) is 4.79 Å². The zero-order valence-electron chi connectivity index (χ0n) is 16.9. The first-order valence-corrected chi connectivity index (χ1v) is 9.51. The number of carbonyl (C=O) groups is 2. The standard InChI is InChI=1S/C23H29NO4/c1-16(21(25)26)14-20(24-22(27)28-23(2,3)4)15-17-10-12-19(13-11-17)18-8-6-5-7-9-18/h5-13,16,20H,14-15H2,1-4H3,(H,24,27)(H,25,26)/t16-,20?/m1/s1. The van der Waals surface area contributed by atoms with Crippen LogP contribution < -0.4 is 5.32 Å². The Hall–Kier alpha value is -2.82. The smallest absolute Gasteiger partial charge is 0.407 e. The third kappa shape index (κ3) is 7.06. The number of ether oxygens (including phenoxy) is 1. The number of carboxylic acids is 1. The van der Waals surface area contributed by atoms with Gasteiger partial charge in [0.1, 0.15) is 5.60 Å². The van der Waals surface area contributed by atoms with Gasteiger partial charge in [-0.2, -0.15) is 0 Å². The summed E-state index contributed by atoms with van der Waals surface area (Å²) < 4.78 is 5.33. The second-order valence-electron chi connectivity index (χ2n) is 8.09. The molecule has 0 aliphatic carbocycles. The van der Waals surface area contributed by atoms with Crippen LogP contribution in [0.2, 0.25) is 0 Å². The zero-order chi connectivity index (χ0) is 20.7. The van der Waals surface area contributed by atoms with Crippen LogP contribution in [0.25, 0.3) is 11.1 Å². The quantitative estimate of drug-likeness (QED) is 0.713. The molecule has 0 aliphatic rings. The van der Waals surface area contributed by atoms with Crippen LogP contribution in [0.1, 0.15) is 39.7 Å². The van der Waals surface area contributed by atoms with Crippen LogP contribution in [-0.4, -0.2) is 28.8 Å². The number of benzene rings is 2. The normalized spacial score (nSPS) is 13.4. The lowest BCUT2D eigenvalue weighted by molar-refractivity contribution is -0.141. The summed E-state index contributed by atoms with van der Waals surface area (Å²) in [6, 6.07) is 17.8. The Labute approximate surface area is 166 Å². The van der Waals surface area contributed by atoms with E-state index in [-0.39, 0.29) is 6.04 Å². The summed E-state index contributed by atoms with van der Waals surface area (Å²) in [5.74, 6) is -1.45. The van der Waals surface area contributed by atoms with Gasteiger partial charge in [0.15, 0.2) is 0 Å². The molecular formula is C23H29NO4. The molecule has 2 atom stereocenters. The van der Waals surface area contributed by atoms with Gasteiger partial charge in [-0.25, -0.2) is 4.79 Å². The number of hydrogen-bond donors (Lipinski definition) is 2. The van der Waals surface area contributed by atoms with Crippen molar-refractivity contribution in [3.63, 3.8) is 0 Å². The lowest BCUT2D eigenvalue weighted by Gasteiger charge is -2.24. The zero-order valence-corrected chi connectivity index (χ0v) is 16.9. The second kappa shape index (κ2) is 9.40. The molecule has 0 radical (unpaired) electrons. The van der Waals surface area contributed by atoms with Crippen LogP contribution in [-0.2, 0) is 16.0 Å². The predicted molar refractivity (Wildman–Crippen MR) is 110 cm³/mol. The molecule has 2 aromatic rings. The van der Waals surface area contributed by atoms with E-state index in [0.717, 1.165) is 16.7 Å². The predicted octanol–water partition coefficient (Wildman–Crippen LogP) is 4.90. The van der Waals surface area contributed by atoms with E-state index < -0.39 is 23.6 Å². The van der Waals surface area contributed by atoms with E-state index in [1.54, 1.807) is 27.7 Å². The largest absolute Gasteiger partial charge is 0.481 e. The van der Waals surface area contributed by atoms with E-state index in [9.17, 15) is 14.7 Å². The number of hydrogen-bond acceptors (Lipinski definition) is 3. The Morgan fingerprint density at radius 1 is 1.00 bits per heavy atom. The minimum atomic E-state index is -0.879. The molecule has 2 rings (SSSR count). The van der Waals surface area contributed by atoms with Crippen LogP contribution in [0.15, 0.2) is 54.6 Å². The summed E-state index contributed by atoms with van der Waals surface area (Å²) in [6.07, 6.45) is 0.331. The molecule has 0 heterocycles. The van der Waals surface area contributed by atoms with E-state index in [2.05, 4.69) is 17.4 Å². The third-order valence-corrected chi connectivity index (χ3v) is 4.32. The van der Waals surface area contributed by atoms with Crippen LogP contribution in [0, 0.1) is 5.92 Å². The minimum Gasteiger partial charge on any atom is -0.481 e. The molecule has 0 aromatic heterocycles. The Morgan fingerprint density at radius 2 is 1.57 bits per heavy atom. The first-order chi connectivity index (χ1) is 13.1. The summed E-state index contributed by atoms with van der Waals surface area (Å²) in [5.41, 5.74) is 2.67. The van der Waals surface area contributed by atoms with E-state index >= 15 is 0 Å². The SMILES string of the molecule is C[C@H](CC(Cc1ccc(-c2ccccc2)cc1)NC(=O)OC(C)(C)C)C(=O)O. The van der Waals surface area contributed by atoms with Crippen LogP contribution in [0.3, 0.4) is 0 Å². The molecule has 0 bridgehead atoms. The van der Waals surface area contributed by atoms with Crippen molar-refractivity contribution in [3.8, 4) is 11.1 Å². The van der Waals surface area contributed by atoms with E-state index in [1.165, 1.54) is 0 Å². The van der Waals surface area contributed by atoms with E-state index in [4.69, 9.17) is 4.74 Å². The molecule has 0 aliphatic heterocycles. The highest BCUT2D eigenvalue weighted by atomic mass is 16.6. The van der Waals surface area contributed by atoms with Crippen molar-refractivity contribution in [2.45, 2.75) is 52.2 Å². The minimum absolute atomic E-state index is 0.328. The van der Waals surface area contributed by atoms with Crippen molar-refractivity contribution in [1.82, 2.24) is 5.32 Å². The fourth-order valence-corrected chi connectivity index (χ4v) is 2.94. The highest BCUT2D eigenvalue weighted by Gasteiger charge is 2.23. The van der Waals surface area contributed by atoms with Gasteiger partial charge < -0.3 is 15.2 Å². The Morgan fingerprint density at radius 3 is 2.11 bits per heavy atom. The number of alkyl carbamates (subject to hydrolysis) is 1. The molecule has 1 unspecified atom stereocenters. The first-order valence-electron chi connectivity index (χ1n) is 9.51. The maximum absolute atomic E-state index is 12.2. The van der Waals surface area contributed by atoms with Crippen LogP contribution >= 0.6 is 0 Å². The molecule has 0 spiro atoms. The molecule has 150 valence electrons. The van der Waals surface area contributed by atoms with Crippen molar-refractivity contribution >= 4 is 12.1 Å². The second-order valence-corrected chi connectivity index (χ2v) is 8.09. The monoisotopic (exact) mass is 383 g/mol. The highest BCUT2D eigenvalue weighted by Crippen LogP contribution is 2.21. The van der Waals surface area contributed by atoms with E-state index in [0.29, 0.717) is 12.8 Å². The van der Waals surface area contributed by atoms with Gasteiger partial charge in [0.2, 0.25) is 0 Å². The average molecular weight is 383 g/mol. The molecule has 0 saturated carbocycles. The number of amides is 1. The maximum Gasteiger partial charge on any atom is 0.407 e. The van der Waals surface area contributed by atoms with Crippen molar-refractivity contribution in [1.29, 1.82) is 0 Å². The molecular weight excluding hydrogens is 354 g/mol. The highest BCUT2D eigenvalue weighted by molar-refractivity contribution is 5.70. The van der Waals surface area contributed by atoms with Gasteiger partial charge in [0, 0.05) is 6.04 Å². The summed E-state index contributed by atoms with van der Waals surface area (Å²) in [4.78, 5) is 23.4. The molecule has 5 heteroatoms. The van der Waals surface area contributed by atoms with Crippen molar-refractivity contribution in [2.75, 3.05) is 0 Å². The van der Waals surface area contributed by atoms with Crippen molar-refractivity contribution in [2.24, 2.45) is 5.92 Å². The summed E-state index contributed by atoms with van der Waals surface area (Å²) in [5, 5.41) is 12.1. The fraction of sp³-hybridized carbons (Fsp3) is 0.391. The lowest BCUT2D eigenvalue weighted by atomic mass is 9.95.